The van der Waals surface area contributed by atoms with Gasteiger partial charge in [0.25, 0.3) is 0 Å². The molecule has 2 aromatic carbocycles. The molecule has 4 nitrogen and oxygen atoms in total. The molecule has 0 saturated carbocycles. The Morgan fingerprint density at radius 3 is 2.61 bits per heavy atom. The monoisotopic (exact) mass is 351 g/mol. The van der Waals surface area contributed by atoms with E-state index in [1.54, 1.807) is 42.5 Å². The van der Waals surface area contributed by atoms with E-state index < -0.39 is 0 Å². The first-order chi connectivity index (χ1) is 11.0. The van der Waals surface area contributed by atoms with Gasteiger partial charge in [-0.05, 0) is 30.3 Å². The number of anilines is 1. The van der Waals surface area contributed by atoms with E-state index in [-0.39, 0.29) is 24.5 Å². The Balaban J connectivity index is 1.93. The number of carbonyl (C=O) groups excluding carboxylic acids is 2. The first kappa shape index (κ1) is 17.3. The molecule has 120 valence electrons. The molecule has 0 unspecified atom stereocenters. The van der Waals surface area contributed by atoms with Gasteiger partial charge in [0, 0.05) is 23.4 Å². The third-order valence-corrected chi connectivity index (χ3v) is 3.74. The van der Waals surface area contributed by atoms with Crippen molar-refractivity contribution in [2.24, 2.45) is 0 Å². The molecule has 0 heterocycles. The number of hydrogen-bond donors (Lipinski definition) is 1. The molecule has 0 aliphatic rings. The first-order valence-electron chi connectivity index (χ1n) is 6.92. The molecule has 0 atom stereocenters. The van der Waals surface area contributed by atoms with Crippen LogP contribution in [0.25, 0.3) is 0 Å². The number of methoxy groups -OCH3 is 1. The fourth-order valence-electron chi connectivity index (χ4n) is 1.97. The SMILES string of the molecule is COc1cccc(C(=O)CCC(=O)Nc2cc(Cl)ccc2Cl)c1. The number of carbonyl (C=O) groups is 2. The fraction of sp³-hybridized carbons (Fsp3) is 0.176. The molecule has 2 aromatic rings. The second-order valence-corrected chi connectivity index (χ2v) is 5.67. The number of rotatable bonds is 6. The maximum Gasteiger partial charge on any atom is 0.224 e. The molecule has 0 bridgehead atoms. The molecule has 0 radical (unpaired) electrons. The summed E-state index contributed by atoms with van der Waals surface area (Å²) in [6.45, 7) is 0. The minimum atomic E-state index is -0.301. The van der Waals surface area contributed by atoms with Crippen molar-refractivity contribution in [1.82, 2.24) is 0 Å². The molecule has 0 spiro atoms. The Kier molecular flexibility index (Phi) is 6.02. The van der Waals surface area contributed by atoms with Crippen LogP contribution in [-0.4, -0.2) is 18.8 Å². The van der Waals surface area contributed by atoms with Crippen LogP contribution in [0.4, 0.5) is 5.69 Å². The van der Waals surface area contributed by atoms with Crippen molar-refractivity contribution < 1.29 is 14.3 Å². The molecule has 6 heteroatoms. The van der Waals surface area contributed by atoms with Crippen molar-refractivity contribution in [3.63, 3.8) is 0 Å². The second-order valence-electron chi connectivity index (χ2n) is 4.83. The zero-order chi connectivity index (χ0) is 16.8. The van der Waals surface area contributed by atoms with E-state index >= 15 is 0 Å². The summed E-state index contributed by atoms with van der Waals surface area (Å²) in [5.41, 5.74) is 0.941. The summed E-state index contributed by atoms with van der Waals surface area (Å²) in [6, 6.07) is 11.6. The van der Waals surface area contributed by atoms with Crippen molar-refractivity contribution in [2.45, 2.75) is 12.8 Å². The number of ketones is 1. The van der Waals surface area contributed by atoms with E-state index in [2.05, 4.69) is 5.32 Å². The van der Waals surface area contributed by atoms with E-state index in [1.165, 1.54) is 7.11 Å². The van der Waals surface area contributed by atoms with Gasteiger partial charge in [0.2, 0.25) is 5.91 Å². The van der Waals surface area contributed by atoms with Crippen molar-refractivity contribution in [2.75, 3.05) is 12.4 Å². The molecule has 0 aliphatic heterocycles. The van der Waals surface area contributed by atoms with Crippen LogP contribution in [0, 0.1) is 0 Å². The van der Waals surface area contributed by atoms with Crippen LogP contribution in [0.5, 0.6) is 5.75 Å². The van der Waals surface area contributed by atoms with Crippen molar-refractivity contribution >= 4 is 40.6 Å². The van der Waals surface area contributed by atoms with Crippen molar-refractivity contribution in [1.29, 1.82) is 0 Å². The van der Waals surface area contributed by atoms with Gasteiger partial charge in [0.15, 0.2) is 5.78 Å². The van der Waals surface area contributed by atoms with E-state index in [0.717, 1.165) is 0 Å². The summed E-state index contributed by atoms with van der Waals surface area (Å²) < 4.78 is 5.08. The number of nitrogens with one attached hydrogen (secondary N) is 1. The lowest BCUT2D eigenvalue weighted by Gasteiger charge is -2.08. The first-order valence-corrected chi connectivity index (χ1v) is 7.67. The van der Waals surface area contributed by atoms with Crippen LogP contribution in [0.1, 0.15) is 23.2 Å². The van der Waals surface area contributed by atoms with Gasteiger partial charge in [-0.2, -0.15) is 0 Å². The number of amides is 1. The molecule has 0 fully saturated rings. The molecule has 1 N–H and O–H groups in total. The highest BCUT2D eigenvalue weighted by atomic mass is 35.5. The largest absolute Gasteiger partial charge is 0.497 e. The van der Waals surface area contributed by atoms with Gasteiger partial charge in [0.05, 0.1) is 17.8 Å². The second kappa shape index (κ2) is 7.99. The predicted octanol–water partition coefficient (Wildman–Crippen LogP) is 4.60. The summed E-state index contributed by atoms with van der Waals surface area (Å²) in [6.07, 6.45) is 0.149. The average molecular weight is 352 g/mol. The highest BCUT2D eigenvalue weighted by Gasteiger charge is 2.11. The van der Waals surface area contributed by atoms with Gasteiger partial charge in [0.1, 0.15) is 5.75 Å². The zero-order valence-corrected chi connectivity index (χ0v) is 13.9. The van der Waals surface area contributed by atoms with E-state index in [0.29, 0.717) is 27.0 Å². The summed E-state index contributed by atoms with van der Waals surface area (Å²) in [5, 5.41) is 3.51. The Morgan fingerprint density at radius 1 is 1.09 bits per heavy atom. The van der Waals surface area contributed by atoms with Gasteiger partial charge in [-0.15, -0.1) is 0 Å². The fourth-order valence-corrected chi connectivity index (χ4v) is 2.31. The van der Waals surface area contributed by atoms with E-state index in [9.17, 15) is 9.59 Å². The summed E-state index contributed by atoms with van der Waals surface area (Å²) >= 11 is 11.8. The lowest BCUT2D eigenvalue weighted by atomic mass is 10.1. The molecule has 0 aliphatic carbocycles. The Hall–Kier alpha value is -2.04. The maximum atomic E-state index is 12.1. The van der Waals surface area contributed by atoms with Crippen LogP contribution in [0.2, 0.25) is 10.0 Å². The molecule has 2 rings (SSSR count). The maximum absolute atomic E-state index is 12.1. The normalized spacial score (nSPS) is 10.2. The Bertz CT molecular complexity index is 732. The number of Topliss-reactive ketones (excluding diaryl/α,β-unsaturated/α-hetero) is 1. The molecular formula is C17H15Cl2NO3. The van der Waals surface area contributed by atoms with Gasteiger partial charge in [-0.3, -0.25) is 9.59 Å². The van der Waals surface area contributed by atoms with Crippen LogP contribution in [0.3, 0.4) is 0 Å². The highest BCUT2D eigenvalue weighted by molar-refractivity contribution is 6.35. The number of halogens is 2. The summed E-state index contributed by atoms with van der Waals surface area (Å²) in [4.78, 5) is 24.1. The van der Waals surface area contributed by atoms with E-state index in [1.807, 2.05) is 0 Å². The minimum Gasteiger partial charge on any atom is -0.497 e. The standard InChI is InChI=1S/C17H15Cl2NO3/c1-23-13-4-2-3-11(9-13)16(21)7-8-17(22)20-15-10-12(18)5-6-14(15)19/h2-6,9-10H,7-8H2,1H3,(H,20,22). The molecule has 0 saturated heterocycles. The molecule has 1 amide bonds. The Labute approximate surface area is 144 Å². The number of ether oxygens (including phenoxy) is 1. The van der Waals surface area contributed by atoms with Gasteiger partial charge < -0.3 is 10.1 Å². The molecule has 23 heavy (non-hydrogen) atoms. The third-order valence-electron chi connectivity index (χ3n) is 3.17. The van der Waals surface area contributed by atoms with E-state index in [4.69, 9.17) is 27.9 Å². The predicted molar refractivity (Wildman–Crippen MR) is 91.7 cm³/mol. The van der Waals surface area contributed by atoms with Gasteiger partial charge in [-0.1, -0.05) is 35.3 Å². The average Bonchev–Trinajstić information content (AvgIpc) is 2.56. The summed E-state index contributed by atoms with van der Waals surface area (Å²) in [7, 11) is 1.53. The quantitative estimate of drug-likeness (QED) is 0.773. The van der Waals surface area contributed by atoms with Crippen molar-refractivity contribution in [3.05, 3.63) is 58.1 Å². The zero-order valence-electron chi connectivity index (χ0n) is 12.4. The summed E-state index contributed by atoms with van der Waals surface area (Å²) in [5.74, 6) is 0.174. The lowest BCUT2D eigenvalue weighted by Crippen LogP contribution is -2.13. The topological polar surface area (TPSA) is 55.4 Å². The highest BCUT2D eigenvalue weighted by Crippen LogP contribution is 2.25. The minimum absolute atomic E-state index is 0.0544. The Morgan fingerprint density at radius 2 is 1.87 bits per heavy atom. The number of hydrogen-bond acceptors (Lipinski definition) is 3. The van der Waals surface area contributed by atoms with Gasteiger partial charge in [-0.25, -0.2) is 0 Å². The van der Waals surface area contributed by atoms with Gasteiger partial charge >= 0.3 is 0 Å². The lowest BCUT2D eigenvalue weighted by molar-refractivity contribution is -0.116. The van der Waals surface area contributed by atoms with Crippen LogP contribution in [-0.2, 0) is 4.79 Å². The van der Waals surface area contributed by atoms with Crippen LogP contribution < -0.4 is 10.1 Å². The van der Waals surface area contributed by atoms with Crippen LogP contribution >= 0.6 is 23.2 Å². The van der Waals surface area contributed by atoms with Crippen molar-refractivity contribution in [3.8, 4) is 5.75 Å². The van der Waals surface area contributed by atoms with Crippen LogP contribution in [0.15, 0.2) is 42.5 Å². The third kappa shape index (κ3) is 4.98. The number of benzene rings is 2. The smallest absolute Gasteiger partial charge is 0.224 e. The molecule has 0 aromatic heterocycles. The molecular weight excluding hydrogens is 337 g/mol.